The number of hydrogen-bond donors (Lipinski definition) is 0. The maximum atomic E-state index is 5.44. The highest BCUT2D eigenvalue weighted by atomic mass is 17.2. The minimum Gasteiger partial charge on any atom is -0.233 e. The summed E-state index contributed by atoms with van der Waals surface area (Å²) in [6, 6.07) is 0. The lowest BCUT2D eigenvalue weighted by Gasteiger charge is -2.16. The first kappa shape index (κ1) is 17.9. The zero-order valence-electron chi connectivity index (χ0n) is 13.0. The van der Waals surface area contributed by atoms with Crippen molar-refractivity contribution in [1.82, 2.24) is 0 Å². The third kappa shape index (κ3) is 12.4. The zero-order chi connectivity index (χ0) is 13.6. The summed E-state index contributed by atoms with van der Waals surface area (Å²) < 4.78 is 0. The van der Waals surface area contributed by atoms with Gasteiger partial charge < -0.3 is 0 Å². The normalized spacial score (nSPS) is 14.7. The van der Waals surface area contributed by atoms with Crippen LogP contribution in [0, 0.1) is 0 Å². The van der Waals surface area contributed by atoms with Crippen molar-refractivity contribution in [2.24, 2.45) is 0 Å². The standard InChI is InChI=1S/C16H34O2/c1-5-7-9-11-13-15(3)17-18-16(4)14-12-10-8-6-2/h15-16H,5-14H2,1-4H3. The van der Waals surface area contributed by atoms with Crippen molar-refractivity contribution >= 4 is 0 Å². The Hall–Kier alpha value is -0.0800. The monoisotopic (exact) mass is 258 g/mol. The summed E-state index contributed by atoms with van der Waals surface area (Å²) in [4.78, 5) is 10.9. The Morgan fingerprint density at radius 1 is 0.611 bits per heavy atom. The predicted octanol–water partition coefficient (Wildman–Crippen LogP) is 5.65. The molecule has 0 N–H and O–H groups in total. The van der Waals surface area contributed by atoms with Gasteiger partial charge in [-0.05, 0) is 26.7 Å². The molecule has 0 aromatic carbocycles. The molecule has 110 valence electrons. The largest absolute Gasteiger partial charge is 0.233 e. The first-order valence-electron chi connectivity index (χ1n) is 8.02. The second kappa shape index (κ2) is 13.4. The van der Waals surface area contributed by atoms with Gasteiger partial charge in [-0.25, -0.2) is 9.78 Å². The summed E-state index contributed by atoms with van der Waals surface area (Å²) in [6.45, 7) is 8.69. The van der Waals surface area contributed by atoms with Gasteiger partial charge in [0.1, 0.15) is 0 Å². The maximum Gasteiger partial charge on any atom is 0.0902 e. The quantitative estimate of drug-likeness (QED) is 0.241. The van der Waals surface area contributed by atoms with E-state index in [1.165, 1.54) is 51.4 Å². The molecule has 0 radical (unpaired) electrons. The van der Waals surface area contributed by atoms with E-state index in [0.29, 0.717) is 0 Å². The molecule has 0 bridgehead atoms. The van der Waals surface area contributed by atoms with Gasteiger partial charge in [-0.2, -0.15) is 0 Å². The van der Waals surface area contributed by atoms with Crippen LogP contribution in [0.5, 0.6) is 0 Å². The molecule has 0 aliphatic carbocycles. The molecule has 2 heteroatoms. The summed E-state index contributed by atoms with van der Waals surface area (Å²) in [5, 5.41) is 0. The third-order valence-electron chi connectivity index (χ3n) is 3.31. The van der Waals surface area contributed by atoms with Crippen LogP contribution in [0.1, 0.15) is 91.9 Å². The van der Waals surface area contributed by atoms with Gasteiger partial charge in [-0.3, -0.25) is 0 Å². The van der Waals surface area contributed by atoms with E-state index < -0.39 is 0 Å². The Labute approximate surface area is 114 Å². The van der Waals surface area contributed by atoms with Crippen LogP contribution in [0.2, 0.25) is 0 Å². The molecule has 0 fully saturated rings. The Morgan fingerprint density at radius 2 is 1.00 bits per heavy atom. The smallest absolute Gasteiger partial charge is 0.0902 e. The molecule has 0 aromatic heterocycles. The van der Waals surface area contributed by atoms with Gasteiger partial charge in [0.2, 0.25) is 0 Å². The Kier molecular flexibility index (Phi) is 13.3. The lowest BCUT2D eigenvalue weighted by atomic mass is 10.1. The third-order valence-corrected chi connectivity index (χ3v) is 3.31. The van der Waals surface area contributed by atoms with Crippen molar-refractivity contribution < 1.29 is 9.78 Å². The topological polar surface area (TPSA) is 18.5 Å². The molecule has 0 heterocycles. The first-order chi connectivity index (χ1) is 8.70. The van der Waals surface area contributed by atoms with Crippen molar-refractivity contribution in [3.05, 3.63) is 0 Å². The molecule has 0 aromatic rings. The molecular formula is C16H34O2. The summed E-state index contributed by atoms with van der Waals surface area (Å²) in [5.74, 6) is 0. The molecule has 0 saturated carbocycles. The fourth-order valence-electron chi connectivity index (χ4n) is 2.00. The average molecular weight is 258 g/mol. The van der Waals surface area contributed by atoms with Crippen LogP contribution in [0.15, 0.2) is 0 Å². The van der Waals surface area contributed by atoms with Crippen LogP contribution in [0.25, 0.3) is 0 Å². The molecule has 0 aliphatic rings. The molecule has 0 aliphatic heterocycles. The molecule has 2 atom stereocenters. The van der Waals surface area contributed by atoms with Crippen LogP contribution in [-0.4, -0.2) is 12.2 Å². The Morgan fingerprint density at radius 3 is 1.33 bits per heavy atom. The minimum atomic E-state index is 0.236. The highest BCUT2D eigenvalue weighted by molar-refractivity contribution is 4.51. The zero-order valence-corrected chi connectivity index (χ0v) is 13.0. The number of rotatable bonds is 13. The van der Waals surface area contributed by atoms with Crippen LogP contribution in [0.4, 0.5) is 0 Å². The van der Waals surface area contributed by atoms with Gasteiger partial charge in [0.05, 0.1) is 12.2 Å². The van der Waals surface area contributed by atoms with Crippen LogP contribution in [-0.2, 0) is 9.78 Å². The molecule has 18 heavy (non-hydrogen) atoms. The fourth-order valence-corrected chi connectivity index (χ4v) is 2.00. The highest BCUT2D eigenvalue weighted by Crippen LogP contribution is 2.12. The van der Waals surface area contributed by atoms with Crippen LogP contribution >= 0.6 is 0 Å². The average Bonchev–Trinajstić information content (AvgIpc) is 2.37. The predicted molar refractivity (Wildman–Crippen MR) is 78.6 cm³/mol. The van der Waals surface area contributed by atoms with Crippen molar-refractivity contribution in [3.63, 3.8) is 0 Å². The van der Waals surface area contributed by atoms with Gasteiger partial charge in [-0.15, -0.1) is 0 Å². The molecule has 2 unspecified atom stereocenters. The minimum absolute atomic E-state index is 0.236. The SMILES string of the molecule is CCCCCCC(C)OOC(C)CCCCCC. The number of hydrogen-bond acceptors (Lipinski definition) is 2. The van der Waals surface area contributed by atoms with Crippen molar-refractivity contribution in [1.29, 1.82) is 0 Å². The van der Waals surface area contributed by atoms with Gasteiger partial charge in [0, 0.05) is 0 Å². The molecule has 2 nitrogen and oxygen atoms in total. The molecular weight excluding hydrogens is 224 g/mol. The van der Waals surface area contributed by atoms with Crippen molar-refractivity contribution in [2.75, 3.05) is 0 Å². The first-order valence-corrected chi connectivity index (χ1v) is 8.02. The van der Waals surface area contributed by atoms with Crippen LogP contribution in [0.3, 0.4) is 0 Å². The molecule has 0 rings (SSSR count). The summed E-state index contributed by atoms with van der Waals surface area (Å²) in [6.07, 6.45) is 13.1. The molecule has 0 amide bonds. The van der Waals surface area contributed by atoms with E-state index in [1.807, 2.05) is 0 Å². The van der Waals surface area contributed by atoms with Gasteiger partial charge >= 0.3 is 0 Å². The second-order valence-electron chi connectivity index (χ2n) is 5.51. The van der Waals surface area contributed by atoms with Gasteiger partial charge in [0.25, 0.3) is 0 Å². The fraction of sp³-hybridized carbons (Fsp3) is 1.00. The van der Waals surface area contributed by atoms with E-state index in [0.717, 1.165) is 12.8 Å². The summed E-state index contributed by atoms with van der Waals surface area (Å²) in [5.41, 5.74) is 0. The van der Waals surface area contributed by atoms with Crippen LogP contribution < -0.4 is 0 Å². The van der Waals surface area contributed by atoms with E-state index in [2.05, 4.69) is 27.7 Å². The number of unbranched alkanes of at least 4 members (excludes halogenated alkanes) is 6. The van der Waals surface area contributed by atoms with E-state index >= 15 is 0 Å². The maximum absolute atomic E-state index is 5.44. The van der Waals surface area contributed by atoms with Crippen molar-refractivity contribution in [2.45, 2.75) is 104 Å². The van der Waals surface area contributed by atoms with E-state index in [4.69, 9.17) is 9.78 Å². The highest BCUT2D eigenvalue weighted by Gasteiger charge is 2.07. The van der Waals surface area contributed by atoms with Crippen molar-refractivity contribution in [3.8, 4) is 0 Å². The van der Waals surface area contributed by atoms with Gasteiger partial charge in [0.15, 0.2) is 0 Å². The van der Waals surface area contributed by atoms with E-state index in [9.17, 15) is 0 Å². The molecule has 0 spiro atoms. The van der Waals surface area contributed by atoms with E-state index in [1.54, 1.807) is 0 Å². The second-order valence-corrected chi connectivity index (χ2v) is 5.51. The summed E-state index contributed by atoms with van der Waals surface area (Å²) in [7, 11) is 0. The lowest BCUT2D eigenvalue weighted by molar-refractivity contribution is -0.346. The van der Waals surface area contributed by atoms with Gasteiger partial charge in [-0.1, -0.05) is 65.2 Å². The summed E-state index contributed by atoms with van der Waals surface area (Å²) >= 11 is 0. The lowest BCUT2D eigenvalue weighted by Crippen LogP contribution is -2.15. The Bertz CT molecular complexity index is 141. The Balaban J connectivity index is 3.32. The van der Waals surface area contributed by atoms with E-state index in [-0.39, 0.29) is 12.2 Å². The molecule has 0 saturated heterocycles.